The van der Waals surface area contributed by atoms with Crippen molar-refractivity contribution < 1.29 is 17.6 Å². The molecule has 4 rings (SSSR count). The van der Waals surface area contributed by atoms with Crippen LogP contribution in [0.3, 0.4) is 0 Å². The molecule has 1 fully saturated rings. The van der Waals surface area contributed by atoms with Crippen LogP contribution in [0.15, 0.2) is 30.3 Å². The number of thiophene rings is 1. The van der Waals surface area contributed by atoms with Gasteiger partial charge >= 0.3 is 0 Å². The minimum atomic E-state index is -3.05. The fourth-order valence-electron chi connectivity index (χ4n) is 3.51. The lowest BCUT2D eigenvalue weighted by Gasteiger charge is -2.22. The minimum Gasteiger partial charge on any atom is -0.337 e. The molecule has 1 amide bonds. The summed E-state index contributed by atoms with van der Waals surface area (Å²) < 4.78 is 38.4. The van der Waals surface area contributed by atoms with Crippen molar-refractivity contribution in [3.05, 3.63) is 52.3 Å². The Bertz CT molecular complexity index is 1150. The summed E-state index contributed by atoms with van der Waals surface area (Å²) in [5.74, 6) is -0.298. The Morgan fingerprint density at radius 2 is 2.07 bits per heavy atom. The zero-order chi connectivity index (χ0) is 20.1. The maximum Gasteiger partial charge on any atom is 0.264 e. The molecule has 1 saturated heterocycles. The first-order chi connectivity index (χ1) is 13.2. The van der Waals surface area contributed by atoms with Gasteiger partial charge in [-0.05, 0) is 37.1 Å². The number of sulfone groups is 1. The van der Waals surface area contributed by atoms with Crippen LogP contribution in [0, 0.1) is 12.7 Å². The van der Waals surface area contributed by atoms with Gasteiger partial charge in [-0.1, -0.05) is 12.1 Å². The molecule has 0 bridgehead atoms. The van der Waals surface area contributed by atoms with Gasteiger partial charge in [0.2, 0.25) is 0 Å². The van der Waals surface area contributed by atoms with Gasteiger partial charge in [-0.15, -0.1) is 11.3 Å². The molecule has 0 unspecified atom stereocenters. The highest BCUT2D eigenvalue weighted by Crippen LogP contribution is 2.30. The van der Waals surface area contributed by atoms with Crippen LogP contribution < -0.4 is 0 Å². The number of benzene rings is 1. The van der Waals surface area contributed by atoms with Crippen LogP contribution in [0.1, 0.15) is 27.3 Å². The third-order valence-corrected chi connectivity index (χ3v) is 8.03. The van der Waals surface area contributed by atoms with Gasteiger partial charge in [-0.25, -0.2) is 12.8 Å². The number of fused-ring (bicyclic) bond motifs is 1. The van der Waals surface area contributed by atoms with E-state index in [4.69, 9.17) is 0 Å². The Labute approximate surface area is 166 Å². The number of carbonyl (C=O) groups is 1. The molecule has 1 aliphatic rings. The molecular formula is C19H20FN3O3S2. The SMILES string of the molecule is Cc1nn(Cc2ccc(F)cc2)c2sc(C(=O)N(C)[C@H]3CCS(=O)(=O)C3)cc12. The van der Waals surface area contributed by atoms with Crippen LogP contribution in [-0.4, -0.2) is 53.6 Å². The number of rotatable bonds is 4. The summed E-state index contributed by atoms with van der Waals surface area (Å²) in [7, 11) is -1.39. The lowest BCUT2D eigenvalue weighted by Crippen LogP contribution is -2.37. The van der Waals surface area contributed by atoms with E-state index in [9.17, 15) is 17.6 Å². The number of carbonyl (C=O) groups excluding carboxylic acids is 1. The quantitative estimate of drug-likeness (QED) is 0.649. The number of halogens is 1. The van der Waals surface area contributed by atoms with Crippen molar-refractivity contribution in [3.63, 3.8) is 0 Å². The molecule has 1 atom stereocenters. The zero-order valence-corrected chi connectivity index (χ0v) is 17.2. The van der Waals surface area contributed by atoms with Crippen LogP contribution >= 0.6 is 11.3 Å². The molecule has 3 aromatic rings. The number of aromatic nitrogens is 2. The molecule has 28 heavy (non-hydrogen) atoms. The van der Waals surface area contributed by atoms with E-state index in [2.05, 4.69) is 5.10 Å². The van der Waals surface area contributed by atoms with Crippen molar-refractivity contribution in [1.29, 1.82) is 0 Å². The van der Waals surface area contributed by atoms with E-state index in [0.29, 0.717) is 17.8 Å². The summed E-state index contributed by atoms with van der Waals surface area (Å²) in [6, 6.07) is 7.80. The summed E-state index contributed by atoms with van der Waals surface area (Å²) >= 11 is 1.35. The van der Waals surface area contributed by atoms with Crippen molar-refractivity contribution in [2.75, 3.05) is 18.6 Å². The minimum absolute atomic E-state index is 0.0253. The highest BCUT2D eigenvalue weighted by atomic mass is 32.2. The van der Waals surface area contributed by atoms with Crippen LogP contribution in [0.2, 0.25) is 0 Å². The predicted molar refractivity (Wildman–Crippen MR) is 107 cm³/mol. The highest BCUT2D eigenvalue weighted by Gasteiger charge is 2.33. The molecule has 0 saturated carbocycles. The van der Waals surface area contributed by atoms with E-state index >= 15 is 0 Å². The van der Waals surface area contributed by atoms with Gasteiger partial charge in [0, 0.05) is 18.5 Å². The first-order valence-corrected chi connectivity index (χ1v) is 11.6. The third-order valence-electron chi connectivity index (χ3n) is 5.14. The number of hydrogen-bond donors (Lipinski definition) is 0. The van der Waals surface area contributed by atoms with Gasteiger partial charge in [0.25, 0.3) is 5.91 Å². The highest BCUT2D eigenvalue weighted by molar-refractivity contribution is 7.91. The van der Waals surface area contributed by atoms with Crippen molar-refractivity contribution >= 4 is 37.3 Å². The van der Waals surface area contributed by atoms with Gasteiger partial charge in [0.1, 0.15) is 10.6 Å². The average molecular weight is 422 g/mol. The molecule has 1 aliphatic heterocycles. The molecule has 0 N–H and O–H groups in total. The summed E-state index contributed by atoms with van der Waals surface area (Å²) in [5, 5.41) is 5.44. The first-order valence-electron chi connectivity index (χ1n) is 8.92. The summed E-state index contributed by atoms with van der Waals surface area (Å²) in [4.78, 5) is 15.9. The lowest BCUT2D eigenvalue weighted by molar-refractivity contribution is 0.0752. The number of aryl methyl sites for hydroxylation is 1. The van der Waals surface area contributed by atoms with E-state index in [-0.39, 0.29) is 29.3 Å². The lowest BCUT2D eigenvalue weighted by atomic mass is 10.2. The smallest absolute Gasteiger partial charge is 0.264 e. The molecule has 148 valence electrons. The molecular weight excluding hydrogens is 401 g/mol. The number of nitrogens with zero attached hydrogens (tertiary/aromatic N) is 3. The van der Waals surface area contributed by atoms with Crippen molar-refractivity contribution in [1.82, 2.24) is 14.7 Å². The summed E-state index contributed by atoms with van der Waals surface area (Å²) in [6.07, 6.45) is 0.479. The Balaban J connectivity index is 1.61. The van der Waals surface area contributed by atoms with Crippen LogP contribution in [0.5, 0.6) is 0 Å². The summed E-state index contributed by atoms with van der Waals surface area (Å²) in [6.45, 7) is 2.37. The fourth-order valence-corrected chi connectivity index (χ4v) is 6.43. The normalized spacial score (nSPS) is 18.6. The fraction of sp³-hybridized carbons (Fsp3) is 0.368. The number of hydrogen-bond acceptors (Lipinski definition) is 5. The average Bonchev–Trinajstić information content (AvgIpc) is 3.31. The van der Waals surface area contributed by atoms with Gasteiger partial charge in [0.15, 0.2) is 9.84 Å². The van der Waals surface area contributed by atoms with Gasteiger partial charge in [-0.3, -0.25) is 9.48 Å². The van der Waals surface area contributed by atoms with Crippen LogP contribution in [-0.2, 0) is 16.4 Å². The van der Waals surface area contributed by atoms with E-state index in [1.807, 2.05) is 17.7 Å². The predicted octanol–water partition coefficient (Wildman–Crippen LogP) is 2.85. The second-order valence-electron chi connectivity index (χ2n) is 7.17. The van der Waals surface area contributed by atoms with Gasteiger partial charge in [-0.2, -0.15) is 5.10 Å². The number of amides is 1. The van der Waals surface area contributed by atoms with Crippen molar-refractivity contribution in [2.24, 2.45) is 0 Å². The van der Waals surface area contributed by atoms with E-state index in [1.54, 1.807) is 24.1 Å². The van der Waals surface area contributed by atoms with Gasteiger partial charge in [0.05, 0.1) is 28.6 Å². The molecule has 3 heterocycles. The molecule has 0 radical (unpaired) electrons. The molecule has 6 nitrogen and oxygen atoms in total. The van der Waals surface area contributed by atoms with E-state index in [1.165, 1.54) is 23.5 Å². The second kappa shape index (κ2) is 6.97. The molecule has 2 aromatic heterocycles. The van der Waals surface area contributed by atoms with E-state index in [0.717, 1.165) is 21.5 Å². The van der Waals surface area contributed by atoms with E-state index < -0.39 is 9.84 Å². The monoisotopic (exact) mass is 421 g/mol. The Morgan fingerprint density at radius 1 is 1.36 bits per heavy atom. The Kier molecular flexibility index (Phi) is 4.75. The molecule has 0 aliphatic carbocycles. The Hall–Kier alpha value is -2.26. The molecule has 9 heteroatoms. The van der Waals surface area contributed by atoms with Crippen LogP contribution in [0.4, 0.5) is 4.39 Å². The van der Waals surface area contributed by atoms with Gasteiger partial charge < -0.3 is 4.90 Å². The zero-order valence-electron chi connectivity index (χ0n) is 15.6. The van der Waals surface area contributed by atoms with Crippen molar-refractivity contribution in [2.45, 2.75) is 25.9 Å². The molecule has 0 spiro atoms. The third kappa shape index (κ3) is 3.56. The second-order valence-corrected chi connectivity index (χ2v) is 10.4. The first kappa shape index (κ1) is 19.1. The molecule has 1 aromatic carbocycles. The maximum absolute atomic E-state index is 13.1. The summed E-state index contributed by atoms with van der Waals surface area (Å²) in [5.41, 5.74) is 1.74. The van der Waals surface area contributed by atoms with Crippen LogP contribution in [0.25, 0.3) is 10.2 Å². The van der Waals surface area contributed by atoms with Crippen molar-refractivity contribution in [3.8, 4) is 0 Å². The topological polar surface area (TPSA) is 72.3 Å². The largest absolute Gasteiger partial charge is 0.337 e. The standard InChI is InChI=1S/C19H20FN3O3S2/c1-12-16-9-17(18(24)22(2)15-7-8-28(25,26)11-15)27-19(16)23(21-12)10-13-3-5-14(20)6-4-13/h3-6,9,15H,7-8,10-11H2,1-2H3/t15-/m0/s1. The Morgan fingerprint density at radius 3 is 2.71 bits per heavy atom. The maximum atomic E-state index is 13.1.